The van der Waals surface area contributed by atoms with Crippen molar-refractivity contribution in [2.45, 2.75) is 44.8 Å². The molecule has 1 aliphatic carbocycles. The van der Waals surface area contributed by atoms with Crippen LogP contribution < -0.4 is 0 Å². The molecule has 0 spiro atoms. The van der Waals surface area contributed by atoms with Crippen LogP contribution in [0.3, 0.4) is 0 Å². The van der Waals surface area contributed by atoms with Crippen LogP contribution in [0.2, 0.25) is 5.02 Å². The highest BCUT2D eigenvalue weighted by atomic mass is 35.5. The summed E-state index contributed by atoms with van der Waals surface area (Å²) in [6.07, 6.45) is 9.20. The Kier molecular flexibility index (Phi) is 3.65. The van der Waals surface area contributed by atoms with Gasteiger partial charge in [0, 0.05) is 6.20 Å². The first kappa shape index (κ1) is 11.0. The van der Waals surface area contributed by atoms with Crippen LogP contribution in [0.25, 0.3) is 0 Å². The Hall–Kier alpha value is -0.540. The number of aliphatic hydroxyl groups is 1. The molecule has 0 bridgehead atoms. The van der Waals surface area contributed by atoms with Gasteiger partial charge in [0.2, 0.25) is 0 Å². The van der Waals surface area contributed by atoms with Crippen molar-refractivity contribution in [2.24, 2.45) is 5.92 Å². The molecule has 1 N–H and O–H groups in total. The molecule has 3 nitrogen and oxygen atoms in total. The second kappa shape index (κ2) is 4.99. The van der Waals surface area contributed by atoms with E-state index >= 15 is 0 Å². The summed E-state index contributed by atoms with van der Waals surface area (Å²) in [4.78, 5) is 0. The van der Waals surface area contributed by atoms with E-state index < -0.39 is 0 Å². The third-order valence-electron chi connectivity index (χ3n) is 3.17. The maximum absolute atomic E-state index is 10.0. The predicted octanol–water partition coefficient (Wildman–Crippen LogP) is 2.48. The summed E-state index contributed by atoms with van der Waals surface area (Å²) in [6, 6.07) is 0. The zero-order chi connectivity index (χ0) is 10.7. The number of nitrogens with zero attached hydrogens (tertiary/aromatic N) is 2. The summed E-state index contributed by atoms with van der Waals surface area (Å²) in [5.41, 5.74) is 0. The number of rotatable bonds is 3. The van der Waals surface area contributed by atoms with E-state index in [0.29, 0.717) is 17.5 Å². The minimum absolute atomic E-state index is 0.277. The molecule has 1 saturated carbocycles. The molecule has 1 heterocycles. The van der Waals surface area contributed by atoms with Gasteiger partial charge in [-0.15, -0.1) is 0 Å². The topological polar surface area (TPSA) is 38.0 Å². The lowest BCUT2D eigenvalue weighted by atomic mass is 9.85. The number of halogens is 1. The maximum atomic E-state index is 10.0. The van der Waals surface area contributed by atoms with Gasteiger partial charge in [-0.1, -0.05) is 30.9 Å². The molecule has 0 aliphatic heterocycles. The van der Waals surface area contributed by atoms with Gasteiger partial charge in [0.1, 0.15) is 0 Å². The Balaban J connectivity index is 1.88. The fraction of sp³-hybridized carbons (Fsp3) is 0.727. The third-order valence-corrected chi connectivity index (χ3v) is 3.37. The van der Waals surface area contributed by atoms with Gasteiger partial charge in [0.15, 0.2) is 0 Å². The Morgan fingerprint density at radius 3 is 2.80 bits per heavy atom. The predicted molar refractivity (Wildman–Crippen MR) is 59.8 cm³/mol. The van der Waals surface area contributed by atoms with Crippen LogP contribution in [0.5, 0.6) is 0 Å². The molecular weight excluding hydrogens is 212 g/mol. The summed E-state index contributed by atoms with van der Waals surface area (Å²) in [5, 5.41) is 14.7. The summed E-state index contributed by atoms with van der Waals surface area (Å²) < 4.78 is 1.72. The van der Waals surface area contributed by atoms with Crippen LogP contribution >= 0.6 is 11.6 Å². The van der Waals surface area contributed by atoms with E-state index in [9.17, 15) is 5.11 Å². The van der Waals surface area contributed by atoms with Crippen molar-refractivity contribution in [3.05, 3.63) is 17.4 Å². The highest BCUT2D eigenvalue weighted by Gasteiger charge is 2.21. The zero-order valence-electron chi connectivity index (χ0n) is 8.77. The Morgan fingerprint density at radius 1 is 1.47 bits per heavy atom. The number of hydrogen-bond acceptors (Lipinski definition) is 2. The summed E-state index contributed by atoms with van der Waals surface area (Å²) in [5.74, 6) is 0.446. The van der Waals surface area contributed by atoms with Gasteiger partial charge in [0.05, 0.1) is 23.9 Å². The van der Waals surface area contributed by atoms with Crippen LogP contribution in [0.4, 0.5) is 0 Å². The largest absolute Gasteiger partial charge is 0.391 e. The zero-order valence-corrected chi connectivity index (χ0v) is 9.53. The van der Waals surface area contributed by atoms with Gasteiger partial charge in [-0.2, -0.15) is 5.10 Å². The first-order valence-corrected chi connectivity index (χ1v) is 5.99. The quantitative estimate of drug-likeness (QED) is 0.863. The number of aromatic nitrogens is 2. The molecule has 4 heteroatoms. The van der Waals surface area contributed by atoms with Crippen LogP contribution in [-0.4, -0.2) is 21.0 Å². The van der Waals surface area contributed by atoms with Crippen molar-refractivity contribution in [1.29, 1.82) is 0 Å². The molecule has 0 aromatic carbocycles. The molecule has 1 atom stereocenters. The van der Waals surface area contributed by atoms with Crippen molar-refractivity contribution < 1.29 is 5.11 Å². The summed E-state index contributed by atoms with van der Waals surface area (Å²) in [7, 11) is 0. The molecule has 1 unspecified atom stereocenters. The van der Waals surface area contributed by atoms with Gasteiger partial charge in [-0.3, -0.25) is 4.68 Å². The smallest absolute Gasteiger partial charge is 0.0785 e. The van der Waals surface area contributed by atoms with Crippen molar-refractivity contribution in [3.63, 3.8) is 0 Å². The van der Waals surface area contributed by atoms with Crippen LogP contribution in [0.1, 0.15) is 32.1 Å². The van der Waals surface area contributed by atoms with Crippen LogP contribution in [0, 0.1) is 5.92 Å². The van der Waals surface area contributed by atoms with E-state index in [-0.39, 0.29) is 6.10 Å². The van der Waals surface area contributed by atoms with Gasteiger partial charge >= 0.3 is 0 Å². The van der Waals surface area contributed by atoms with E-state index in [2.05, 4.69) is 5.10 Å². The first-order valence-electron chi connectivity index (χ1n) is 5.62. The molecule has 1 aromatic heterocycles. The minimum Gasteiger partial charge on any atom is -0.391 e. The Bertz CT molecular complexity index is 307. The van der Waals surface area contributed by atoms with Gasteiger partial charge in [-0.25, -0.2) is 0 Å². The highest BCUT2D eigenvalue weighted by Crippen LogP contribution is 2.27. The molecule has 84 valence electrons. The van der Waals surface area contributed by atoms with E-state index in [1.54, 1.807) is 17.1 Å². The normalized spacial score (nSPS) is 20.4. The molecule has 0 saturated heterocycles. The number of aliphatic hydroxyl groups excluding tert-OH is 1. The molecule has 2 rings (SSSR count). The fourth-order valence-corrected chi connectivity index (χ4v) is 2.45. The summed E-state index contributed by atoms with van der Waals surface area (Å²) >= 11 is 5.76. The van der Waals surface area contributed by atoms with E-state index in [1.807, 2.05) is 0 Å². The first-order chi connectivity index (χ1) is 7.25. The van der Waals surface area contributed by atoms with Crippen molar-refractivity contribution >= 4 is 11.6 Å². The molecular formula is C11H17ClN2O. The van der Waals surface area contributed by atoms with Crippen LogP contribution in [0.15, 0.2) is 12.4 Å². The third kappa shape index (κ3) is 2.95. The highest BCUT2D eigenvalue weighted by molar-refractivity contribution is 6.30. The fourth-order valence-electron chi connectivity index (χ4n) is 2.30. The second-order valence-electron chi connectivity index (χ2n) is 4.35. The standard InChI is InChI=1S/C11H17ClN2O/c12-10-6-13-14(7-10)8-11(15)9-4-2-1-3-5-9/h6-7,9,11,15H,1-5,8H2. The van der Waals surface area contributed by atoms with Gasteiger partial charge < -0.3 is 5.11 Å². The number of hydrogen-bond donors (Lipinski definition) is 1. The Morgan fingerprint density at radius 2 is 2.20 bits per heavy atom. The lowest BCUT2D eigenvalue weighted by Gasteiger charge is -2.26. The molecule has 15 heavy (non-hydrogen) atoms. The molecule has 0 amide bonds. The minimum atomic E-state index is -0.277. The van der Waals surface area contributed by atoms with Crippen LogP contribution in [-0.2, 0) is 6.54 Å². The second-order valence-corrected chi connectivity index (χ2v) is 4.78. The van der Waals surface area contributed by atoms with Crippen molar-refractivity contribution in [1.82, 2.24) is 9.78 Å². The average Bonchev–Trinajstić information content (AvgIpc) is 2.65. The monoisotopic (exact) mass is 228 g/mol. The molecule has 1 aliphatic rings. The summed E-state index contributed by atoms with van der Waals surface area (Å²) in [6.45, 7) is 0.567. The SMILES string of the molecule is OC(Cn1cc(Cl)cn1)C1CCCCC1. The Labute approximate surface area is 95.0 Å². The lowest BCUT2D eigenvalue weighted by Crippen LogP contribution is -2.27. The van der Waals surface area contributed by atoms with Gasteiger partial charge in [0.25, 0.3) is 0 Å². The maximum Gasteiger partial charge on any atom is 0.0785 e. The van der Waals surface area contributed by atoms with Crippen molar-refractivity contribution in [3.8, 4) is 0 Å². The van der Waals surface area contributed by atoms with Gasteiger partial charge in [-0.05, 0) is 18.8 Å². The van der Waals surface area contributed by atoms with E-state index in [0.717, 1.165) is 12.8 Å². The molecule has 0 radical (unpaired) electrons. The molecule has 1 aromatic rings. The van der Waals surface area contributed by atoms with E-state index in [4.69, 9.17) is 11.6 Å². The molecule has 1 fully saturated rings. The average molecular weight is 229 g/mol. The van der Waals surface area contributed by atoms with Crippen molar-refractivity contribution in [2.75, 3.05) is 0 Å². The van der Waals surface area contributed by atoms with E-state index in [1.165, 1.54) is 19.3 Å². The lowest BCUT2D eigenvalue weighted by molar-refractivity contribution is 0.0665.